The van der Waals surface area contributed by atoms with E-state index in [0.29, 0.717) is 23.9 Å². The summed E-state index contributed by atoms with van der Waals surface area (Å²) in [5, 5.41) is 11.6. The van der Waals surface area contributed by atoms with E-state index < -0.39 is 0 Å². The predicted octanol–water partition coefficient (Wildman–Crippen LogP) is 2.35. The lowest BCUT2D eigenvalue weighted by molar-refractivity contribution is -0.117. The van der Waals surface area contributed by atoms with Crippen LogP contribution in [0, 0.1) is 0 Å². The third-order valence-electron chi connectivity index (χ3n) is 5.39. The molecule has 7 heteroatoms. The number of aromatic nitrogens is 2. The Kier molecular flexibility index (Phi) is 4.98. The summed E-state index contributed by atoms with van der Waals surface area (Å²) in [5.41, 5.74) is 1.22. The topological polar surface area (TPSA) is 62.2 Å². The first kappa shape index (κ1) is 17.5. The van der Waals surface area contributed by atoms with Gasteiger partial charge in [0.15, 0.2) is 0 Å². The van der Waals surface area contributed by atoms with Crippen molar-refractivity contribution in [3.63, 3.8) is 0 Å². The number of amides is 1. The number of nitrogens with one attached hydrogen (secondary N) is 2. The Balaban J connectivity index is 1.35. The number of carbonyl (C=O) groups excluding carboxylic acids is 1. The maximum atomic E-state index is 12.5. The number of rotatable bonds is 5. The van der Waals surface area contributed by atoms with Crippen molar-refractivity contribution in [1.82, 2.24) is 20.0 Å². The Hall–Kier alpha value is -1.89. The number of hydrogen-bond donors (Lipinski definition) is 2. The van der Waals surface area contributed by atoms with E-state index >= 15 is 0 Å². The monoisotopic (exact) mass is 373 g/mol. The van der Waals surface area contributed by atoms with E-state index in [1.54, 1.807) is 10.9 Å². The summed E-state index contributed by atoms with van der Waals surface area (Å²) in [4.78, 5) is 14.7. The molecule has 6 nitrogen and oxygen atoms in total. The molecular formula is C19H24ClN5O. The maximum absolute atomic E-state index is 12.5. The normalized spacial score (nSPS) is 23.0. The van der Waals surface area contributed by atoms with Crippen LogP contribution >= 0.6 is 11.6 Å². The first-order valence-corrected chi connectivity index (χ1v) is 9.54. The van der Waals surface area contributed by atoms with Crippen molar-refractivity contribution in [2.24, 2.45) is 0 Å². The third kappa shape index (κ3) is 3.77. The predicted molar refractivity (Wildman–Crippen MR) is 102 cm³/mol. The van der Waals surface area contributed by atoms with Gasteiger partial charge in [-0.05, 0) is 37.4 Å². The molecule has 1 aromatic heterocycles. The van der Waals surface area contributed by atoms with Crippen LogP contribution in [0.5, 0.6) is 0 Å². The molecule has 2 aliphatic rings. The Morgan fingerprint density at radius 3 is 3.00 bits per heavy atom. The van der Waals surface area contributed by atoms with Crippen LogP contribution in [0.3, 0.4) is 0 Å². The Morgan fingerprint density at radius 1 is 1.31 bits per heavy atom. The van der Waals surface area contributed by atoms with Gasteiger partial charge in [-0.2, -0.15) is 5.10 Å². The molecule has 3 heterocycles. The van der Waals surface area contributed by atoms with Gasteiger partial charge in [0.25, 0.3) is 0 Å². The second kappa shape index (κ2) is 7.39. The van der Waals surface area contributed by atoms with Crippen molar-refractivity contribution in [2.45, 2.75) is 31.3 Å². The molecule has 2 N–H and O–H groups in total. The summed E-state index contributed by atoms with van der Waals surface area (Å²) in [6.07, 6.45) is 5.28. The van der Waals surface area contributed by atoms with Gasteiger partial charge in [0, 0.05) is 29.7 Å². The standard InChI is InChI=1S/C19H24ClN5O/c20-16-5-2-1-4-15(16)12-25-17(6-10-22-25)23-18(26)13-24-11-8-19(14-24)7-3-9-21-19/h1-2,4-6,10,21H,3,7-9,11-14H2,(H,23,26). The molecule has 1 atom stereocenters. The van der Waals surface area contributed by atoms with Gasteiger partial charge in [0.1, 0.15) is 5.82 Å². The largest absolute Gasteiger partial charge is 0.310 e. The van der Waals surface area contributed by atoms with Gasteiger partial charge in [0.2, 0.25) is 5.91 Å². The average molecular weight is 374 g/mol. The average Bonchev–Trinajstić information content (AvgIpc) is 3.34. The van der Waals surface area contributed by atoms with Crippen LogP contribution in [-0.2, 0) is 11.3 Å². The fourth-order valence-corrected chi connectivity index (χ4v) is 4.24. The molecule has 138 valence electrons. The van der Waals surface area contributed by atoms with Gasteiger partial charge in [-0.15, -0.1) is 0 Å². The van der Waals surface area contributed by atoms with Crippen LogP contribution in [0.1, 0.15) is 24.8 Å². The van der Waals surface area contributed by atoms with Crippen molar-refractivity contribution in [3.05, 3.63) is 47.1 Å². The number of hydrogen-bond acceptors (Lipinski definition) is 4. The van der Waals surface area contributed by atoms with Crippen molar-refractivity contribution in [1.29, 1.82) is 0 Å². The van der Waals surface area contributed by atoms with E-state index in [1.807, 2.05) is 30.3 Å². The van der Waals surface area contributed by atoms with E-state index in [-0.39, 0.29) is 11.4 Å². The zero-order valence-corrected chi connectivity index (χ0v) is 15.5. The molecule has 4 rings (SSSR count). The quantitative estimate of drug-likeness (QED) is 0.844. The zero-order valence-electron chi connectivity index (χ0n) is 14.7. The van der Waals surface area contributed by atoms with E-state index in [1.165, 1.54) is 12.8 Å². The summed E-state index contributed by atoms with van der Waals surface area (Å²) < 4.78 is 1.77. The molecule has 1 amide bonds. The number of nitrogens with zero attached hydrogens (tertiary/aromatic N) is 3. The van der Waals surface area contributed by atoms with Gasteiger partial charge < -0.3 is 10.6 Å². The number of benzene rings is 1. The molecule has 2 aromatic rings. The van der Waals surface area contributed by atoms with E-state index in [2.05, 4.69) is 20.6 Å². The van der Waals surface area contributed by atoms with Crippen molar-refractivity contribution < 1.29 is 4.79 Å². The highest BCUT2D eigenvalue weighted by Gasteiger charge is 2.40. The number of carbonyl (C=O) groups is 1. The molecule has 2 saturated heterocycles. The lowest BCUT2D eigenvalue weighted by atomic mass is 9.97. The fraction of sp³-hybridized carbons (Fsp3) is 0.474. The molecule has 0 bridgehead atoms. The second-order valence-corrected chi connectivity index (χ2v) is 7.69. The molecule has 2 fully saturated rings. The minimum absolute atomic E-state index is 0.000885. The molecule has 0 aliphatic carbocycles. The van der Waals surface area contributed by atoms with Crippen LogP contribution in [0.2, 0.25) is 5.02 Å². The summed E-state index contributed by atoms with van der Waals surface area (Å²) in [6, 6.07) is 9.49. The Bertz CT molecular complexity index is 784. The van der Waals surface area contributed by atoms with Crippen LogP contribution in [0.15, 0.2) is 36.5 Å². The second-order valence-electron chi connectivity index (χ2n) is 7.28. The van der Waals surface area contributed by atoms with E-state index in [9.17, 15) is 4.79 Å². The Labute approximate surface area is 158 Å². The molecule has 1 aromatic carbocycles. The van der Waals surface area contributed by atoms with Gasteiger partial charge in [-0.25, -0.2) is 4.68 Å². The first-order valence-electron chi connectivity index (χ1n) is 9.16. The molecule has 2 aliphatic heterocycles. The Morgan fingerprint density at radius 2 is 2.19 bits per heavy atom. The maximum Gasteiger partial charge on any atom is 0.239 e. The third-order valence-corrected chi connectivity index (χ3v) is 5.76. The highest BCUT2D eigenvalue weighted by atomic mass is 35.5. The van der Waals surface area contributed by atoms with Crippen molar-refractivity contribution in [2.75, 3.05) is 31.5 Å². The smallest absolute Gasteiger partial charge is 0.239 e. The van der Waals surface area contributed by atoms with Gasteiger partial charge in [0.05, 0.1) is 19.3 Å². The first-order chi connectivity index (χ1) is 12.6. The van der Waals surface area contributed by atoms with Gasteiger partial charge in [-0.3, -0.25) is 9.69 Å². The van der Waals surface area contributed by atoms with Gasteiger partial charge in [-0.1, -0.05) is 29.8 Å². The SMILES string of the molecule is O=C(CN1CCC2(CCCN2)C1)Nc1ccnn1Cc1ccccc1Cl. The number of likely N-dealkylation sites (tertiary alicyclic amines) is 1. The molecule has 1 unspecified atom stereocenters. The molecule has 1 spiro atoms. The summed E-state index contributed by atoms with van der Waals surface area (Å²) in [5.74, 6) is 0.698. The number of halogens is 1. The lowest BCUT2D eigenvalue weighted by Crippen LogP contribution is -2.43. The van der Waals surface area contributed by atoms with Crippen LogP contribution < -0.4 is 10.6 Å². The highest BCUT2D eigenvalue weighted by molar-refractivity contribution is 6.31. The minimum Gasteiger partial charge on any atom is -0.310 e. The molecule has 0 radical (unpaired) electrons. The zero-order chi connectivity index (χ0) is 18.0. The molecular weight excluding hydrogens is 350 g/mol. The van der Waals surface area contributed by atoms with E-state index in [0.717, 1.165) is 31.6 Å². The van der Waals surface area contributed by atoms with Crippen molar-refractivity contribution >= 4 is 23.3 Å². The molecule has 0 saturated carbocycles. The molecule has 26 heavy (non-hydrogen) atoms. The van der Waals surface area contributed by atoms with Gasteiger partial charge >= 0.3 is 0 Å². The summed E-state index contributed by atoms with van der Waals surface area (Å²) in [6.45, 7) is 3.97. The van der Waals surface area contributed by atoms with Crippen LogP contribution in [0.25, 0.3) is 0 Å². The minimum atomic E-state index is 0.000885. The van der Waals surface area contributed by atoms with Crippen LogP contribution in [-0.4, -0.2) is 52.3 Å². The number of anilines is 1. The van der Waals surface area contributed by atoms with E-state index in [4.69, 9.17) is 11.6 Å². The van der Waals surface area contributed by atoms with Crippen LogP contribution in [0.4, 0.5) is 5.82 Å². The van der Waals surface area contributed by atoms with Crippen molar-refractivity contribution in [3.8, 4) is 0 Å². The lowest BCUT2D eigenvalue weighted by Gasteiger charge is -2.24. The highest BCUT2D eigenvalue weighted by Crippen LogP contribution is 2.29. The summed E-state index contributed by atoms with van der Waals surface area (Å²) >= 11 is 6.23. The fourth-order valence-electron chi connectivity index (χ4n) is 4.05. The summed E-state index contributed by atoms with van der Waals surface area (Å²) in [7, 11) is 0.